The first-order valence-electron chi connectivity index (χ1n) is 10.4. The van der Waals surface area contributed by atoms with E-state index in [1.807, 2.05) is 61.5 Å². The lowest BCUT2D eigenvalue weighted by Gasteiger charge is -2.14. The minimum Gasteiger partial charge on any atom is -0.455 e. The second-order valence-electron chi connectivity index (χ2n) is 7.29. The topological polar surface area (TPSA) is 43.3 Å². The highest BCUT2D eigenvalue weighted by Crippen LogP contribution is 2.31. The molecule has 0 saturated carbocycles. The van der Waals surface area contributed by atoms with Gasteiger partial charge in [0.2, 0.25) is 0 Å². The lowest BCUT2D eigenvalue weighted by molar-refractivity contribution is 0.101. The highest BCUT2D eigenvalue weighted by atomic mass is 16.5. The maximum Gasteiger partial charge on any atom is 0.272 e. The summed E-state index contributed by atoms with van der Waals surface area (Å²) in [6.07, 6.45) is 0.971. The first-order chi connectivity index (χ1) is 14.6. The van der Waals surface area contributed by atoms with Gasteiger partial charge in [0.05, 0.1) is 5.69 Å². The fourth-order valence-electron chi connectivity index (χ4n) is 3.87. The van der Waals surface area contributed by atoms with E-state index in [2.05, 4.69) is 41.9 Å². The van der Waals surface area contributed by atoms with E-state index >= 15 is 0 Å². The Labute approximate surface area is 177 Å². The van der Waals surface area contributed by atoms with E-state index in [-0.39, 0.29) is 5.91 Å². The molecular weight excluding hydrogens is 372 g/mol. The highest BCUT2D eigenvalue weighted by Gasteiger charge is 2.21. The summed E-state index contributed by atoms with van der Waals surface area (Å²) in [6.45, 7) is 6.95. The van der Waals surface area contributed by atoms with Gasteiger partial charge in [0.15, 0.2) is 5.75 Å². The Morgan fingerprint density at radius 3 is 2.43 bits per heavy atom. The number of hydrogen-bond acceptors (Lipinski definition) is 2. The van der Waals surface area contributed by atoms with Gasteiger partial charge in [-0.25, -0.2) is 0 Å². The first-order valence-corrected chi connectivity index (χ1v) is 10.4. The summed E-state index contributed by atoms with van der Waals surface area (Å²) in [4.78, 5) is 13.4. The molecule has 0 saturated heterocycles. The van der Waals surface area contributed by atoms with Crippen molar-refractivity contribution in [2.24, 2.45) is 0 Å². The van der Waals surface area contributed by atoms with Crippen LogP contribution in [0.25, 0.3) is 10.9 Å². The number of hydrogen-bond donors (Lipinski definition) is 1. The van der Waals surface area contributed by atoms with Gasteiger partial charge in [-0.2, -0.15) is 0 Å². The van der Waals surface area contributed by atoms with Crippen molar-refractivity contribution >= 4 is 22.5 Å². The minimum atomic E-state index is -0.132. The average Bonchev–Trinajstić information content (AvgIpc) is 3.07. The van der Waals surface area contributed by atoms with E-state index in [4.69, 9.17) is 4.74 Å². The number of aryl methyl sites for hydroxylation is 3. The van der Waals surface area contributed by atoms with Crippen molar-refractivity contribution in [2.75, 3.05) is 5.32 Å². The van der Waals surface area contributed by atoms with Gasteiger partial charge in [0, 0.05) is 17.4 Å². The quantitative estimate of drug-likeness (QED) is 0.399. The van der Waals surface area contributed by atoms with Gasteiger partial charge in [0.1, 0.15) is 11.4 Å². The summed E-state index contributed by atoms with van der Waals surface area (Å²) < 4.78 is 8.08. The van der Waals surface area contributed by atoms with Gasteiger partial charge in [-0.05, 0) is 67.8 Å². The zero-order valence-electron chi connectivity index (χ0n) is 17.6. The van der Waals surface area contributed by atoms with Gasteiger partial charge in [-0.1, -0.05) is 43.3 Å². The number of fused-ring (bicyclic) bond motifs is 1. The molecule has 1 N–H and O–H groups in total. The third kappa shape index (κ3) is 3.69. The number of amides is 1. The second kappa shape index (κ2) is 8.46. The third-order valence-corrected chi connectivity index (χ3v) is 5.43. The Hall–Kier alpha value is -3.53. The fourth-order valence-corrected chi connectivity index (χ4v) is 3.87. The van der Waals surface area contributed by atoms with Crippen molar-refractivity contribution in [3.63, 3.8) is 0 Å². The molecule has 0 aliphatic heterocycles. The maximum atomic E-state index is 13.4. The summed E-state index contributed by atoms with van der Waals surface area (Å²) in [5.74, 6) is 1.21. The molecule has 0 spiro atoms. The van der Waals surface area contributed by atoms with Gasteiger partial charge in [0.25, 0.3) is 5.91 Å². The van der Waals surface area contributed by atoms with Crippen LogP contribution in [0.3, 0.4) is 0 Å². The molecule has 4 aromatic rings. The largest absolute Gasteiger partial charge is 0.455 e. The van der Waals surface area contributed by atoms with Crippen LogP contribution in [0.4, 0.5) is 5.69 Å². The minimum absolute atomic E-state index is 0.132. The number of anilines is 1. The summed E-state index contributed by atoms with van der Waals surface area (Å²) in [7, 11) is 0. The van der Waals surface area contributed by atoms with Gasteiger partial charge >= 0.3 is 0 Å². The van der Waals surface area contributed by atoms with Gasteiger partial charge < -0.3 is 14.6 Å². The summed E-state index contributed by atoms with van der Waals surface area (Å²) in [5, 5.41) is 4.20. The summed E-state index contributed by atoms with van der Waals surface area (Å²) in [5.41, 5.74) is 4.70. The Bertz CT molecular complexity index is 1190. The Kier molecular flexibility index (Phi) is 5.57. The number of aromatic nitrogens is 1. The number of carbonyl (C=O) groups excluding carboxylic acids is 1. The number of nitrogens with zero attached hydrogens (tertiary/aromatic N) is 1. The second-order valence-corrected chi connectivity index (χ2v) is 7.29. The van der Waals surface area contributed by atoms with Crippen molar-refractivity contribution in [3.8, 4) is 11.5 Å². The zero-order chi connectivity index (χ0) is 21.1. The number of para-hydroxylation sites is 3. The van der Waals surface area contributed by atoms with Crippen LogP contribution in [-0.2, 0) is 13.0 Å². The number of nitrogens with one attached hydrogen (secondary N) is 1. The maximum absolute atomic E-state index is 13.4. The number of carbonyl (C=O) groups is 1. The summed E-state index contributed by atoms with van der Waals surface area (Å²) in [6, 6.07) is 23.5. The van der Waals surface area contributed by atoms with Crippen molar-refractivity contribution in [3.05, 3.63) is 89.6 Å². The molecule has 3 aromatic carbocycles. The number of ether oxygens (including phenoxy) is 1. The Balaban J connectivity index is 1.70. The van der Waals surface area contributed by atoms with Crippen LogP contribution in [0.15, 0.2) is 72.8 Å². The predicted octanol–water partition coefficient (Wildman–Crippen LogP) is 6.58. The highest BCUT2D eigenvalue weighted by molar-refractivity contribution is 6.09. The number of rotatable bonds is 6. The van der Waals surface area contributed by atoms with Crippen LogP contribution in [0.1, 0.15) is 35.5 Å². The van der Waals surface area contributed by atoms with Crippen LogP contribution < -0.4 is 10.1 Å². The molecule has 0 aliphatic carbocycles. The lowest BCUT2D eigenvalue weighted by Crippen LogP contribution is -2.18. The predicted molar refractivity (Wildman–Crippen MR) is 123 cm³/mol. The zero-order valence-corrected chi connectivity index (χ0v) is 17.6. The van der Waals surface area contributed by atoms with Crippen molar-refractivity contribution in [1.82, 2.24) is 4.57 Å². The Morgan fingerprint density at radius 2 is 1.70 bits per heavy atom. The van der Waals surface area contributed by atoms with Crippen LogP contribution in [0.5, 0.6) is 11.5 Å². The normalized spacial score (nSPS) is 10.9. The van der Waals surface area contributed by atoms with Crippen molar-refractivity contribution in [1.29, 1.82) is 0 Å². The molecule has 30 heavy (non-hydrogen) atoms. The SMILES string of the molecule is CCc1ccc2c(c1)c(C)c(C(=O)Nc1ccccc1Oc1ccccc1)n2CC. The van der Waals surface area contributed by atoms with E-state index in [0.717, 1.165) is 35.2 Å². The number of benzene rings is 3. The third-order valence-electron chi connectivity index (χ3n) is 5.43. The molecule has 0 fully saturated rings. The molecule has 0 bridgehead atoms. The van der Waals surface area contributed by atoms with Crippen molar-refractivity contribution < 1.29 is 9.53 Å². The van der Waals surface area contributed by atoms with E-state index in [9.17, 15) is 4.79 Å². The molecule has 4 rings (SSSR count). The van der Waals surface area contributed by atoms with Crippen LogP contribution in [0, 0.1) is 6.92 Å². The molecule has 1 heterocycles. The van der Waals surface area contributed by atoms with Crippen LogP contribution in [-0.4, -0.2) is 10.5 Å². The van der Waals surface area contributed by atoms with E-state index in [0.29, 0.717) is 17.1 Å². The molecule has 0 atom stereocenters. The van der Waals surface area contributed by atoms with Crippen LogP contribution >= 0.6 is 0 Å². The van der Waals surface area contributed by atoms with E-state index in [1.54, 1.807) is 0 Å². The monoisotopic (exact) mass is 398 g/mol. The molecule has 0 unspecified atom stereocenters. The molecular formula is C26H26N2O2. The van der Waals surface area contributed by atoms with E-state index in [1.165, 1.54) is 5.56 Å². The fraction of sp³-hybridized carbons (Fsp3) is 0.192. The smallest absolute Gasteiger partial charge is 0.272 e. The van der Waals surface area contributed by atoms with Crippen LogP contribution in [0.2, 0.25) is 0 Å². The summed E-state index contributed by atoms with van der Waals surface area (Å²) >= 11 is 0. The Morgan fingerprint density at radius 1 is 0.967 bits per heavy atom. The van der Waals surface area contributed by atoms with Gasteiger partial charge in [-0.15, -0.1) is 0 Å². The molecule has 0 radical (unpaired) electrons. The standard InChI is InChI=1S/C26H26N2O2/c1-4-19-15-16-23-21(17-19)18(3)25(28(23)5-2)26(29)27-22-13-9-10-14-24(22)30-20-11-7-6-8-12-20/h6-17H,4-5H2,1-3H3,(H,27,29). The molecule has 1 amide bonds. The first kappa shape index (κ1) is 19.8. The van der Waals surface area contributed by atoms with Crippen molar-refractivity contribution in [2.45, 2.75) is 33.7 Å². The molecule has 4 heteroatoms. The molecule has 0 aliphatic rings. The average molecular weight is 399 g/mol. The molecule has 4 nitrogen and oxygen atoms in total. The van der Waals surface area contributed by atoms with E-state index < -0.39 is 0 Å². The van der Waals surface area contributed by atoms with Gasteiger partial charge in [-0.3, -0.25) is 4.79 Å². The molecule has 152 valence electrons. The lowest BCUT2D eigenvalue weighted by atomic mass is 10.1. The molecule has 1 aromatic heterocycles.